The van der Waals surface area contributed by atoms with E-state index in [1.54, 1.807) is 0 Å². The molecule has 0 unspecified atom stereocenters. The van der Waals surface area contributed by atoms with Gasteiger partial charge in [0.05, 0.1) is 7.11 Å². The van der Waals surface area contributed by atoms with Gasteiger partial charge in [-0.15, -0.1) is 0 Å². The van der Waals surface area contributed by atoms with Gasteiger partial charge < -0.3 is 4.74 Å². The maximum absolute atomic E-state index is 10.9. The van der Waals surface area contributed by atoms with E-state index in [0.717, 1.165) is 0 Å². The molecule has 1 fully saturated rings. The van der Waals surface area contributed by atoms with Crippen molar-refractivity contribution in [2.75, 3.05) is 13.7 Å². The first-order valence-corrected chi connectivity index (χ1v) is 3.91. The van der Waals surface area contributed by atoms with E-state index in [9.17, 15) is 9.00 Å². The Hall–Kier alpha value is -0.460. The van der Waals surface area contributed by atoms with Crippen LogP contribution >= 0.6 is 0 Å². The minimum Gasteiger partial charge on any atom is -0.467 e. The summed E-state index contributed by atoms with van der Waals surface area (Å²) in [6.45, 7) is 1.43. The quantitative estimate of drug-likeness (QED) is 0.511. The number of hydrogen-bond donors (Lipinski definition) is 0. The third kappa shape index (κ3) is 1.58. The van der Waals surface area contributed by atoms with Crippen molar-refractivity contribution in [3.63, 3.8) is 0 Å². The Kier molecular flexibility index (Phi) is 2.26. The monoisotopic (exact) mass is 180 g/mol. The molecule has 6 heteroatoms. The highest BCUT2D eigenvalue weighted by Crippen LogP contribution is 2.22. The summed E-state index contributed by atoms with van der Waals surface area (Å²) in [7, 11) is 1.23. The predicted octanol–water partition coefficient (Wildman–Crippen LogP) is -0.456. The molecule has 0 aromatic carbocycles. The highest BCUT2D eigenvalue weighted by atomic mass is 32.2. The number of hydrogen-bond acceptors (Lipinski definition) is 5. The third-order valence-electron chi connectivity index (χ3n) is 1.30. The Morgan fingerprint density at radius 2 is 2.36 bits per heavy atom. The maximum atomic E-state index is 10.9. The molecule has 11 heavy (non-hydrogen) atoms. The molecule has 1 heterocycles. The van der Waals surface area contributed by atoms with Crippen molar-refractivity contribution in [1.82, 2.24) is 0 Å². The topological polar surface area (TPSA) is 61.8 Å². The van der Waals surface area contributed by atoms with Crippen LogP contribution in [0.25, 0.3) is 0 Å². The summed E-state index contributed by atoms with van der Waals surface area (Å²) in [5.41, 5.74) is -1.21. The van der Waals surface area contributed by atoms with E-state index < -0.39 is 22.9 Å². The molecule has 0 spiro atoms. The Bertz CT molecular complexity index is 203. The van der Waals surface area contributed by atoms with Crippen molar-refractivity contribution in [2.45, 2.75) is 12.5 Å². The first-order chi connectivity index (χ1) is 5.08. The zero-order valence-corrected chi connectivity index (χ0v) is 6.97. The van der Waals surface area contributed by atoms with Gasteiger partial charge in [0.2, 0.25) is 5.60 Å². The van der Waals surface area contributed by atoms with E-state index in [-0.39, 0.29) is 6.61 Å². The molecule has 5 nitrogen and oxygen atoms in total. The van der Waals surface area contributed by atoms with Gasteiger partial charge in [0.25, 0.3) is 0 Å². The zero-order valence-electron chi connectivity index (χ0n) is 6.16. The molecule has 0 saturated carbocycles. The highest BCUT2D eigenvalue weighted by Gasteiger charge is 2.44. The van der Waals surface area contributed by atoms with E-state index in [2.05, 4.69) is 13.1 Å². The number of methoxy groups -OCH3 is 1. The molecule has 0 N–H and O–H groups in total. The summed E-state index contributed by atoms with van der Waals surface area (Å²) in [4.78, 5) is 10.9. The second kappa shape index (κ2) is 2.88. The lowest BCUT2D eigenvalue weighted by Crippen LogP contribution is -2.38. The van der Waals surface area contributed by atoms with E-state index in [1.165, 1.54) is 14.0 Å². The minimum atomic E-state index is -1.82. The Balaban J connectivity index is 2.69. The fourth-order valence-corrected chi connectivity index (χ4v) is 1.45. The number of carbonyl (C=O) groups excluding carboxylic acids is 1. The number of esters is 1. The van der Waals surface area contributed by atoms with Gasteiger partial charge in [-0.25, -0.2) is 8.98 Å². The molecule has 1 aliphatic heterocycles. The van der Waals surface area contributed by atoms with Crippen LogP contribution in [0.2, 0.25) is 0 Å². The first kappa shape index (κ1) is 8.63. The van der Waals surface area contributed by atoms with Crippen molar-refractivity contribution in [2.24, 2.45) is 0 Å². The molecule has 2 atom stereocenters. The molecule has 0 bridgehead atoms. The summed E-state index contributed by atoms with van der Waals surface area (Å²) in [5, 5.41) is 0. The zero-order chi connectivity index (χ0) is 8.48. The lowest BCUT2D eigenvalue weighted by Gasteiger charge is -2.14. The second-order valence-corrected chi connectivity index (χ2v) is 3.08. The van der Waals surface area contributed by atoms with Gasteiger partial charge >= 0.3 is 17.3 Å². The van der Waals surface area contributed by atoms with Gasteiger partial charge in [-0.3, -0.25) is 4.18 Å². The van der Waals surface area contributed by atoms with Gasteiger partial charge in [0.15, 0.2) is 0 Å². The lowest BCUT2D eigenvalue weighted by molar-refractivity contribution is -0.155. The maximum Gasteiger partial charge on any atom is 0.341 e. The number of ether oxygens (including phenoxy) is 1. The first-order valence-electron chi connectivity index (χ1n) is 2.91. The molecular weight excluding hydrogens is 172 g/mol. The Morgan fingerprint density at radius 3 is 2.73 bits per heavy atom. The molecular formula is C5H8O5S. The van der Waals surface area contributed by atoms with Crippen molar-refractivity contribution >= 4 is 17.3 Å². The van der Waals surface area contributed by atoms with Gasteiger partial charge in [0.1, 0.15) is 6.61 Å². The van der Waals surface area contributed by atoms with Gasteiger partial charge in [-0.1, -0.05) is 0 Å². The number of rotatable bonds is 1. The van der Waals surface area contributed by atoms with Crippen LogP contribution in [0, 0.1) is 0 Å². The summed E-state index contributed by atoms with van der Waals surface area (Å²) in [5.74, 6) is -0.580. The van der Waals surface area contributed by atoms with Crippen LogP contribution in [0.4, 0.5) is 0 Å². The van der Waals surface area contributed by atoms with Crippen LogP contribution in [0.1, 0.15) is 6.92 Å². The van der Waals surface area contributed by atoms with Crippen LogP contribution in [-0.4, -0.2) is 29.5 Å². The average Bonchev–Trinajstić information content (AvgIpc) is 2.31. The minimum absolute atomic E-state index is 0.0354. The Morgan fingerprint density at radius 1 is 1.73 bits per heavy atom. The predicted molar refractivity (Wildman–Crippen MR) is 35.6 cm³/mol. The molecule has 0 radical (unpaired) electrons. The van der Waals surface area contributed by atoms with Crippen LogP contribution < -0.4 is 0 Å². The third-order valence-corrected chi connectivity index (χ3v) is 2.11. The molecule has 0 amide bonds. The van der Waals surface area contributed by atoms with Gasteiger partial charge in [-0.05, 0) is 6.92 Å². The van der Waals surface area contributed by atoms with E-state index in [1.807, 2.05) is 0 Å². The van der Waals surface area contributed by atoms with Crippen LogP contribution in [0.15, 0.2) is 0 Å². The summed E-state index contributed by atoms with van der Waals surface area (Å²) in [6.07, 6.45) is 0. The van der Waals surface area contributed by atoms with Crippen molar-refractivity contribution < 1.29 is 22.1 Å². The molecule has 64 valence electrons. The van der Waals surface area contributed by atoms with Crippen molar-refractivity contribution in [3.05, 3.63) is 0 Å². The van der Waals surface area contributed by atoms with Crippen LogP contribution in [0.3, 0.4) is 0 Å². The van der Waals surface area contributed by atoms with Crippen molar-refractivity contribution in [3.8, 4) is 0 Å². The van der Waals surface area contributed by atoms with E-state index in [4.69, 9.17) is 0 Å². The van der Waals surface area contributed by atoms with Gasteiger partial charge in [-0.2, -0.15) is 4.21 Å². The van der Waals surface area contributed by atoms with Crippen molar-refractivity contribution in [1.29, 1.82) is 0 Å². The summed E-state index contributed by atoms with van der Waals surface area (Å²) in [6, 6.07) is 0. The smallest absolute Gasteiger partial charge is 0.341 e. The lowest BCUT2D eigenvalue weighted by atomic mass is 10.1. The summed E-state index contributed by atoms with van der Waals surface area (Å²) >= 11 is -1.82. The molecule has 1 rings (SSSR count). The van der Waals surface area contributed by atoms with E-state index >= 15 is 0 Å². The summed E-state index contributed by atoms with van der Waals surface area (Å²) < 4.78 is 24.2. The SMILES string of the molecule is COC(=O)[C@@]1(C)CO[S@@](=O)O1. The highest BCUT2D eigenvalue weighted by molar-refractivity contribution is 7.75. The number of carbonyl (C=O) groups is 1. The Labute approximate surface area is 66.5 Å². The van der Waals surface area contributed by atoms with Gasteiger partial charge in [0, 0.05) is 0 Å². The largest absolute Gasteiger partial charge is 0.467 e. The molecule has 0 aromatic heterocycles. The second-order valence-electron chi connectivity index (χ2n) is 2.27. The molecule has 1 aliphatic rings. The molecule has 1 saturated heterocycles. The van der Waals surface area contributed by atoms with Crippen LogP contribution in [-0.2, 0) is 29.3 Å². The molecule has 0 aromatic rings. The fourth-order valence-electron chi connectivity index (χ4n) is 0.668. The van der Waals surface area contributed by atoms with E-state index in [0.29, 0.717) is 0 Å². The normalized spacial score (nSPS) is 37.1. The fraction of sp³-hybridized carbons (Fsp3) is 0.800. The molecule has 0 aliphatic carbocycles. The van der Waals surface area contributed by atoms with Crippen LogP contribution in [0.5, 0.6) is 0 Å². The average molecular weight is 180 g/mol. The standard InChI is InChI=1S/C5H8O5S/c1-5(4(6)8-2)3-9-11(7)10-5/h3H2,1-2H3/t5-,11-/m1/s1.